The van der Waals surface area contributed by atoms with Crippen LogP contribution in [0.3, 0.4) is 0 Å². The number of nitrogens with zero attached hydrogens (tertiary/aromatic N) is 3. The van der Waals surface area contributed by atoms with Gasteiger partial charge < -0.3 is 22.1 Å². The van der Waals surface area contributed by atoms with Crippen LogP contribution < -0.4 is 22.1 Å². The second-order valence-corrected chi connectivity index (χ2v) is 7.90. The Hall–Kier alpha value is -2.42. The number of carbonyl (C=O) groups is 1. The number of hydrogen-bond donors (Lipinski definition) is 4. The van der Waals surface area contributed by atoms with Gasteiger partial charge in [-0.2, -0.15) is 0 Å². The molecule has 0 atom stereocenters. The van der Waals surface area contributed by atoms with E-state index >= 15 is 0 Å². The maximum Gasteiger partial charge on any atom is 0.271 e. The number of piperidine rings is 1. The number of nitrogens with two attached hydrogens (primary N) is 3. The number of halogens is 2. The molecule has 8 nitrogen and oxygen atoms in total. The highest BCUT2D eigenvalue weighted by molar-refractivity contribution is 6.44. The van der Waals surface area contributed by atoms with Crippen LogP contribution in [-0.4, -0.2) is 40.2 Å². The van der Waals surface area contributed by atoms with E-state index in [1.807, 2.05) is 11.8 Å². The van der Waals surface area contributed by atoms with E-state index in [9.17, 15) is 4.79 Å². The average Bonchev–Trinajstić information content (AvgIpc) is 2.63. The molecule has 1 fully saturated rings. The Morgan fingerprint density at radius 3 is 2.46 bits per heavy atom. The molecule has 1 amide bonds. The normalized spacial score (nSPS) is 16.1. The van der Waals surface area contributed by atoms with Crippen LogP contribution in [-0.2, 0) is 0 Å². The zero-order valence-corrected chi connectivity index (χ0v) is 16.8. The lowest BCUT2D eigenvalue weighted by Crippen LogP contribution is -2.49. The van der Waals surface area contributed by atoms with Crippen molar-refractivity contribution < 1.29 is 4.79 Å². The smallest absolute Gasteiger partial charge is 0.271 e. The number of primary amides is 1. The number of amides is 1. The summed E-state index contributed by atoms with van der Waals surface area (Å²) in [7, 11) is 0. The van der Waals surface area contributed by atoms with E-state index in [2.05, 4.69) is 9.97 Å². The van der Waals surface area contributed by atoms with Crippen molar-refractivity contribution in [3.8, 4) is 0 Å². The summed E-state index contributed by atoms with van der Waals surface area (Å²) < 4.78 is 0. The fourth-order valence-corrected chi connectivity index (χ4v) is 3.46. The predicted octanol–water partition coefficient (Wildman–Crippen LogP) is 2.20. The second kappa shape index (κ2) is 7.54. The zero-order chi connectivity index (χ0) is 20.6. The molecule has 0 spiro atoms. The molecule has 7 N–H and O–H groups in total. The SMILES string of the molecule is CC1(N)CCN(c2nc(N)c(C(=N)c3cccc(Cl)c3Cl)nc2C(N)=O)CC1. The molecule has 0 unspecified atom stereocenters. The minimum atomic E-state index is -0.755. The Labute approximate surface area is 172 Å². The van der Waals surface area contributed by atoms with Crippen molar-refractivity contribution in [3.05, 3.63) is 45.2 Å². The summed E-state index contributed by atoms with van der Waals surface area (Å²) in [6.07, 6.45) is 1.45. The van der Waals surface area contributed by atoms with Crippen LogP contribution in [0.4, 0.5) is 11.6 Å². The highest BCUT2D eigenvalue weighted by Crippen LogP contribution is 2.30. The summed E-state index contributed by atoms with van der Waals surface area (Å²) in [6.45, 7) is 3.18. The molecule has 0 radical (unpaired) electrons. The molecule has 0 aliphatic carbocycles. The monoisotopic (exact) mass is 421 g/mol. The van der Waals surface area contributed by atoms with Gasteiger partial charge in [0, 0.05) is 24.2 Å². The fourth-order valence-electron chi connectivity index (χ4n) is 3.06. The molecule has 148 valence electrons. The second-order valence-electron chi connectivity index (χ2n) is 7.11. The van der Waals surface area contributed by atoms with Gasteiger partial charge in [-0.15, -0.1) is 0 Å². The van der Waals surface area contributed by atoms with Crippen molar-refractivity contribution in [3.63, 3.8) is 0 Å². The minimum absolute atomic E-state index is 0.00197. The topological polar surface area (TPSA) is 148 Å². The Morgan fingerprint density at radius 2 is 1.86 bits per heavy atom. The standard InChI is InChI=1S/C18H21Cl2N7O/c1-18(24)5-7-27(8-6-18)17-14(16(23)28)25-13(15(22)26-17)12(21)9-3-2-4-10(19)11(9)20/h2-4,21H,5-8,24H2,1H3,(H2,22,26)(H2,23,28). The molecule has 0 saturated carbocycles. The summed E-state index contributed by atoms with van der Waals surface area (Å²) in [5.74, 6) is -0.453. The molecular weight excluding hydrogens is 401 g/mol. The van der Waals surface area contributed by atoms with Gasteiger partial charge in [0.25, 0.3) is 5.91 Å². The van der Waals surface area contributed by atoms with Crippen molar-refractivity contribution in [2.75, 3.05) is 23.7 Å². The summed E-state index contributed by atoms with van der Waals surface area (Å²) in [6, 6.07) is 4.88. The Morgan fingerprint density at radius 1 is 1.21 bits per heavy atom. The van der Waals surface area contributed by atoms with Gasteiger partial charge in [-0.1, -0.05) is 35.3 Å². The Balaban J connectivity index is 2.03. The molecule has 1 aliphatic rings. The summed E-state index contributed by atoms with van der Waals surface area (Å²) >= 11 is 12.2. The van der Waals surface area contributed by atoms with Gasteiger partial charge in [-0.3, -0.25) is 10.2 Å². The minimum Gasteiger partial charge on any atom is -0.382 e. The number of anilines is 2. The third-order valence-electron chi connectivity index (χ3n) is 4.80. The van der Waals surface area contributed by atoms with Gasteiger partial charge in [0.05, 0.1) is 15.8 Å². The van der Waals surface area contributed by atoms with Crippen LogP contribution in [0, 0.1) is 5.41 Å². The van der Waals surface area contributed by atoms with Crippen LogP contribution in [0.15, 0.2) is 18.2 Å². The van der Waals surface area contributed by atoms with Gasteiger partial charge in [0.1, 0.15) is 5.69 Å². The van der Waals surface area contributed by atoms with E-state index in [0.717, 1.165) is 12.8 Å². The predicted molar refractivity (Wildman–Crippen MR) is 111 cm³/mol. The molecule has 2 heterocycles. The zero-order valence-electron chi connectivity index (χ0n) is 15.3. The van der Waals surface area contributed by atoms with Crippen LogP contribution in [0.5, 0.6) is 0 Å². The first kappa shape index (κ1) is 20.3. The van der Waals surface area contributed by atoms with Crippen LogP contribution in [0.1, 0.15) is 41.5 Å². The van der Waals surface area contributed by atoms with E-state index in [-0.39, 0.29) is 33.5 Å². The first-order valence-corrected chi connectivity index (χ1v) is 9.41. The summed E-state index contributed by atoms with van der Waals surface area (Å²) in [5, 5.41) is 8.93. The number of hydrogen-bond acceptors (Lipinski definition) is 7. The third-order valence-corrected chi connectivity index (χ3v) is 5.62. The van der Waals surface area contributed by atoms with Gasteiger partial charge >= 0.3 is 0 Å². The van der Waals surface area contributed by atoms with E-state index in [1.165, 1.54) is 0 Å². The van der Waals surface area contributed by atoms with Gasteiger partial charge in [0.15, 0.2) is 17.3 Å². The third kappa shape index (κ3) is 3.89. The van der Waals surface area contributed by atoms with Crippen molar-refractivity contribution in [2.24, 2.45) is 11.5 Å². The van der Waals surface area contributed by atoms with Crippen molar-refractivity contribution in [1.82, 2.24) is 9.97 Å². The molecule has 2 aromatic rings. The largest absolute Gasteiger partial charge is 0.382 e. The first-order chi connectivity index (χ1) is 13.1. The van der Waals surface area contributed by atoms with E-state index in [0.29, 0.717) is 29.5 Å². The van der Waals surface area contributed by atoms with Gasteiger partial charge in [0.2, 0.25) is 0 Å². The maximum atomic E-state index is 12.0. The molecule has 1 aliphatic heterocycles. The highest BCUT2D eigenvalue weighted by atomic mass is 35.5. The number of carbonyl (C=O) groups excluding carboxylic acids is 1. The lowest BCUT2D eigenvalue weighted by Gasteiger charge is -2.37. The number of rotatable bonds is 4. The quantitative estimate of drug-likeness (QED) is 0.555. The van der Waals surface area contributed by atoms with Gasteiger partial charge in [-0.05, 0) is 25.8 Å². The van der Waals surface area contributed by atoms with Crippen LogP contribution in [0.25, 0.3) is 0 Å². The molecule has 28 heavy (non-hydrogen) atoms. The summed E-state index contributed by atoms with van der Waals surface area (Å²) in [5.41, 5.74) is 17.7. The average molecular weight is 422 g/mol. The number of aromatic nitrogens is 2. The Bertz CT molecular complexity index is 951. The molecule has 1 aromatic heterocycles. The molecule has 1 aromatic carbocycles. The highest BCUT2D eigenvalue weighted by Gasteiger charge is 2.30. The molecular formula is C18H21Cl2N7O. The van der Waals surface area contributed by atoms with Gasteiger partial charge in [-0.25, -0.2) is 9.97 Å². The van der Waals surface area contributed by atoms with Crippen LogP contribution in [0.2, 0.25) is 10.0 Å². The number of nitrogens with one attached hydrogen (secondary N) is 1. The lowest BCUT2D eigenvalue weighted by atomic mass is 9.91. The van der Waals surface area contributed by atoms with E-state index in [4.69, 9.17) is 45.8 Å². The number of benzene rings is 1. The van der Waals surface area contributed by atoms with E-state index < -0.39 is 5.91 Å². The Kier molecular flexibility index (Phi) is 5.47. The number of nitrogen functional groups attached to an aromatic ring is 1. The summed E-state index contributed by atoms with van der Waals surface area (Å²) in [4.78, 5) is 22.5. The maximum absolute atomic E-state index is 12.0. The first-order valence-electron chi connectivity index (χ1n) is 8.65. The molecule has 1 saturated heterocycles. The van der Waals surface area contributed by atoms with Crippen LogP contribution >= 0.6 is 23.2 Å². The lowest BCUT2D eigenvalue weighted by molar-refractivity contribution is 0.0995. The fraction of sp³-hybridized carbons (Fsp3) is 0.333. The molecule has 3 rings (SSSR count). The molecule has 0 bridgehead atoms. The van der Waals surface area contributed by atoms with Crippen molar-refractivity contribution in [2.45, 2.75) is 25.3 Å². The molecule has 10 heteroatoms. The van der Waals surface area contributed by atoms with Crippen molar-refractivity contribution in [1.29, 1.82) is 5.41 Å². The van der Waals surface area contributed by atoms with Crippen molar-refractivity contribution >= 4 is 46.5 Å². The van der Waals surface area contributed by atoms with E-state index in [1.54, 1.807) is 18.2 Å².